The first kappa shape index (κ1) is 19.3. The van der Waals surface area contributed by atoms with Gasteiger partial charge >= 0.3 is 6.18 Å². The molecule has 0 unspecified atom stereocenters. The van der Waals surface area contributed by atoms with E-state index in [9.17, 15) is 21.6 Å². The summed E-state index contributed by atoms with van der Waals surface area (Å²) < 4.78 is 66.9. The lowest BCUT2D eigenvalue weighted by Crippen LogP contribution is -2.24. The zero-order valence-corrected chi connectivity index (χ0v) is 14.9. The van der Waals surface area contributed by atoms with E-state index in [2.05, 4.69) is 20.0 Å². The number of rotatable bonds is 5. The molecule has 2 aromatic heterocycles. The van der Waals surface area contributed by atoms with Gasteiger partial charge in [0.25, 0.3) is 0 Å². The van der Waals surface area contributed by atoms with Crippen molar-refractivity contribution in [3.05, 3.63) is 65.2 Å². The van der Waals surface area contributed by atoms with Gasteiger partial charge in [-0.15, -0.1) is 5.10 Å². The Bertz CT molecular complexity index is 1050. The summed E-state index contributed by atoms with van der Waals surface area (Å²) in [6.07, 6.45) is -0.174. The molecule has 2 heterocycles. The van der Waals surface area contributed by atoms with Crippen molar-refractivity contribution in [3.63, 3.8) is 0 Å². The summed E-state index contributed by atoms with van der Waals surface area (Å²) >= 11 is 5.50. The number of pyridine rings is 1. The van der Waals surface area contributed by atoms with Gasteiger partial charge < -0.3 is 0 Å². The zero-order chi connectivity index (χ0) is 19.7. The van der Waals surface area contributed by atoms with Crippen LogP contribution in [0.2, 0.25) is 5.02 Å². The summed E-state index contributed by atoms with van der Waals surface area (Å²) in [4.78, 5) is 3.31. The fourth-order valence-electron chi connectivity index (χ4n) is 2.14. The molecule has 1 aromatic carbocycles. The highest BCUT2D eigenvalue weighted by atomic mass is 35.5. The van der Waals surface area contributed by atoms with Crippen molar-refractivity contribution in [1.82, 2.24) is 24.7 Å². The largest absolute Gasteiger partial charge is 0.417 e. The zero-order valence-electron chi connectivity index (χ0n) is 13.4. The van der Waals surface area contributed by atoms with Crippen LogP contribution in [0.15, 0.2) is 53.8 Å². The van der Waals surface area contributed by atoms with Crippen molar-refractivity contribution in [2.75, 3.05) is 0 Å². The number of hydrogen-bond donors (Lipinski definition) is 1. The number of benzene rings is 1. The van der Waals surface area contributed by atoms with Gasteiger partial charge in [0.1, 0.15) is 0 Å². The second-order valence-electron chi connectivity index (χ2n) is 5.32. The van der Waals surface area contributed by atoms with Gasteiger partial charge in [0.2, 0.25) is 10.0 Å². The summed E-state index contributed by atoms with van der Waals surface area (Å²) in [5.74, 6) is 0. The van der Waals surface area contributed by atoms with Crippen LogP contribution < -0.4 is 4.72 Å². The number of nitrogens with zero attached hydrogens (tertiary/aromatic N) is 4. The number of sulfonamides is 1. The fourth-order valence-corrected chi connectivity index (χ4v) is 3.39. The summed E-state index contributed by atoms with van der Waals surface area (Å²) in [7, 11) is -4.21. The number of halogens is 4. The van der Waals surface area contributed by atoms with Crippen molar-refractivity contribution in [3.8, 4) is 5.69 Å². The third kappa shape index (κ3) is 4.43. The minimum atomic E-state index is -4.77. The average Bonchev–Trinajstić information content (AvgIpc) is 3.09. The van der Waals surface area contributed by atoms with Gasteiger partial charge in [-0.25, -0.2) is 17.8 Å². The molecule has 3 aromatic rings. The first-order valence-electron chi connectivity index (χ1n) is 7.35. The van der Waals surface area contributed by atoms with E-state index >= 15 is 0 Å². The predicted octanol–water partition coefficient (Wildman–Crippen LogP) is 2.81. The highest BCUT2D eigenvalue weighted by Gasteiger charge is 2.34. The average molecular weight is 418 g/mol. The summed E-state index contributed by atoms with van der Waals surface area (Å²) in [6, 6.07) is 5.72. The van der Waals surface area contributed by atoms with Crippen LogP contribution >= 0.6 is 11.6 Å². The van der Waals surface area contributed by atoms with Crippen LogP contribution in [0.4, 0.5) is 13.2 Å². The Balaban J connectivity index is 1.77. The molecule has 3 rings (SSSR count). The molecule has 0 bridgehead atoms. The van der Waals surface area contributed by atoms with Crippen LogP contribution in [0.25, 0.3) is 5.69 Å². The van der Waals surface area contributed by atoms with Crippen molar-refractivity contribution in [1.29, 1.82) is 0 Å². The smallest absolute Gasteiger partial charge is 0.265 e. The van der Waals surface area contributed by atoms with Crippen LogP contribution in [0.1, 0.15) is 11.3 Å². The molecular weight excluding hydrogens is 407 g/mol. The van der Waals surface area contributed by atoms with Crippen LogP contribution in [0, 0.1) is 0 Å². The lowest BCUT2D eigenvalue weighted by molar-refractivity contribution is -0.137. The van der Waals surface area contributed by atoms with Crippen LogP contribution in [-0.4, -0.2) is 28.4 Å². The normalized spacial score (nSPS) is 12.3. The summed E-state index contributed by atoms with van der Waals surface area (Å²) in [5.41, 5.74) is -0.282. The van der Waals surface area contributed by atoms with Crippen LogP contribution in [0.3, 0.4) is 0 Å². The van der Waals surface area contributed by atoms with E-state index in [-0.39, 0.29) is 12.2 Å². The van der Waals surface area contributed by atoms with Gasteiger partial charge in [-0.05, 0) is 30.3 Å². The molecule has 7 nitrogen and oxygen atoms in total. The highest BCUT2D eigenvalue weighted by molar-refractivity contribution is 7.89. The Morgan fingerprint density at radius 2 is 1.85 bits per heavy atom. The lowest BCUT2D eigenvalue weighted by atomic mass is 10.2. The molecule has 0 fully saturated rings. The molecule has 0 amide bonds. The maximum atomic E-state index is 12.9. The second kappa shape index (κ2) is 7.25. The molecule has 0 saturated carbocycles. The molecule has 1 N–H and O–H groups in total. The second-order valence-corrected chi connectivity index (χ2v) is 7.50. The molecule has 0 atom stereocenters. The van der Waals surface area contributed by atoms with Gasteiger partial charge in [0.15, 0.2) is 0 Å². The summed E-state index contributed by atoms with van der Waals surface area (Å²) in [5, 5.41) is 7.10. The van der Waals surface area contributed by atoms with E-state index in [1.807, 2.05) is 0 Å². The Morgan fingerprint density at radius 1 is 1.15 bits per heavy atom. The third-order valence-corrected chi connectivity index (χ3v) is 5.19. The third-order valence-electron chi connectivity index (χ3n) is 3.46. The van der Waals surface area contributed by atoms with Crippen LogP contribution in [0.5, 0.6) is 0 Å². The Morgan fingerprint density at radius 3 is 2.52 bits per heavy atom. The molecule has 0 spiro atoms. The number of nitrogens with one attached hydrogen (secondary N) is 1. The standard InChI is InChI=1S/C15H11ClF3N5O2S/c16-14-2-1-12(7-13(14)15(17,18)19)27(25,26)21-8-10-9-24(23-22-10)11-3-5-20-6-4-11/h1-7,9,21H,8H2. The van der Waals surface area contributed by atoms with E-state index < -0.39 is 31.7 Å². The fraction of sp³-hybridized carbons (Fsp3) is 0.133. The maximum Gasteiger partial charge on any atom is 0.417 e. The van der Waals surface area contributed by atoms with Crippen LogP contribution in [-0.2, 0) is 22.7 Å². The quantitative estimate of drug-likeness (QED) is 0.689. The highest BCUT2D eigenvalue weighted by Crippen LogP contribution is 2.35. The topological polar surface area (TPSA) is 89.8 Å². The molecule has 27 heavy (non-hydrogen) atoms. The first-order chi connectivity index (χ1) is 12.7. The number of hydrogen-bond acceptors (Lipinski definition) is 5. The van der Waals surface area contributed by atoms with Gasteiger partial charge in [0, 0.05) is 12.4 Å². The van der Waals surface area contributed by atoms with Crippen molar-refractivity contribution in [2.45, 2.75) is 17.6 Å². The Kier molecular flexibility index (Phi) is 5.18. The van der Waals surface area contributed by atoms with Gasteiger partial charge in [-0.3, -0.25) is 4.98 Å². The van der Waals surface area contributed by atoms with E-state index in [1.54, 1.807) is 24.5 Å². The molecule has 0 saturated heterocycles. The molecule has 12 heteroatoms. The van der Waals surface area contributed by atoms with E-state index in [0.717, 1.165) is 12.1 Å². The lowest BCUT2D eigenvalue weighted by Gasteiger charge is -2.11. The predicted molar refractivity (Wildman–Crippen MR) is 89.6 cm³/mol. The van der Waals surface area contributed by atoms with E-state index in [1.165, 1.54) is 10.9 Å². The molecule has 0 radical (unpaired) electrons. The van der Waals surface area contributed by atoms with Gasteiger partial charge in [0.05, 0.1) is 39.6 Å². The number of aromatic nitrogens is 4. The first-order valence-corrected chi connectivity index (χ1v) is 9.21. The summed E-state index contributed by atoms with van der Waals surface area (Å²) in [6.45, 7) is -0.253. The van der Waals surface area contributed by atoms with Crippen molar-refractivity contribution >= 4 is 21.6 Å². The van der Waals surface area contributed by atoms with E-state index in [0.29, 0.717) is 11.8 Å². The van der Waals surface area contributed by atoms with Gasteiger partial charge in [-0.2, -0.15) is 13.2 Å². The molecule has 142 valence electrons. The molecular formula is C15H11ClF3N5O2S. The van der Waals surface area contributed by atoms with Gasteiger partial charge in [-0.1, -0.05) is 16.8 Å². The molecule has 0 aliphatic heterocycles. The SMILES string of the molecule is O=S(=O)(NCc1cn(-c2ccncc2)nn1)c1ccc(Cl)c(C(F)(F)F)c1. The maximum absolute atomic E-state index is 12.9. The van der Waals surface area contributed by atoms with E-state index in [4.69, 9.17) is 11.6 Å². The minimum absolute atomic E-state index is 0.253. The number of alkyl halides is 3. The Labute approximate surface area is 156 Å². The molecule has 0 aliphatic rings. The Hall–Kier alpha value is -2.50. The molecule has 0 aliphatic carbocycles. The monoisotopic (exact) mass is 417 g/mol. The van der Waals surface area contributed by atoms with Crippen molar-refractivity contribution in [2.24, 2.45) is 0 Å². The van der Waals surface area contributed by atoms with Crippen molar-refractivity contribution < 1.29 is 21.6 Å². The minimum Gasteiger partial charge on any atom is -0.265 e.